The van der Waals surface area contributed by atoms with Gasteiger partial charge in [0.15, 0.2) is 0 Å². The summed E-state index contributed by atoms with van der Waals surface area (Å²) in [7, 11) is 0. The van der Waals surface area contributed by atoms with E-state index in [2.05, 4.69) is 10.4 Å². The highest BCUT2D eigenvalue weighted by Crippen LogP contribution is 2.26. The number of anilines is 1. The van der Waals surface area contributed by atoms with Gasteiger partial charge in [-0.25, -0.2) is 8.78 Å². The second kappa shape index (κ2) is 7.49. The summed E-state index contributed by atoms with van der Waals surface area (Å²) in [5, 5.41) is 17.4. The summed E-state index contributed by atoms with van der Waals surface area (Å²) in [4.78, 5) is 22.1. The summed E-state index contributed by atoms with van der Waals surface area (Å²) in [5.74, 6) is -0.604. The van der Waals surface area contributed by atoms with Gasteiger partial charge in [0.25, 0.3) is 12.1 Å². The molecule has 1 heterocycles. The number of rotatable bonds is 7. The molecule has 1 amide bonds. The molecule has 0 spiro atoms. The number of aryl methyl sites for hydroxylation is 1. The van der Waals surface area contributed by atoms with Gasteiger partial charge in [-0.3, -0.25) is 19.6 Å². The van der Waals surface area contributed by atoms with E-state index in [0.717, 1.165) is 17.8 Å². The quantitative estimate of drug-likeness (QED) is 0.616. The van der Waals surface area contributed by atoms with Crippen LogP contribution in [0.3, 0.4) is 0 Å². The number of hydrogen-bond acceptors (Lipinski definition) is 5. The van der Waals surface area contributed by atoms with Crippen molar-refractivity contribution in [3.8, 4) is 5.75 Å². The number of non-ortho nitro benzene ring substituents is 1. The molecule has 0 saturated heterocycles. The number of nitrogens with zero attached hydrogens (tertiary/aromatic N) is 3. The van der Waals surface area contributed by atoms with E-state index in [4.69, 9.17) is 4.74 Å². The molecule has 8 nitrogen and oxygen atoms in total. The second-order valence-electron chi connectivity index (χ2n) is 4.88. The zero-order valence-corrected chi connectivity index (χ0v) is 12.6. The molecule has 128 valence electrons. The molecule has 0 fully saturated rings. The molecule has 0 atom stereocenters. The molecule has 0 saturated carbocycles. The Hall–Kier alpha value is -3.04. The zero-order chi connectivity index (χ0) is 17.7. The van der Waals surface area contributed by atoms with Gasteiger partial charge in [0.05, 0.1) is 22.4 Å². The smallest absolute Gasteiger partial charge is 0.275 e. The third kappa shape index (κ3) is 5.00. The van der Waals surface area contributed by atoms with Gasteiger partial charge in [-0.1, -0.05) is 0 Å². The van der Waals surface area contributed by atoms with E-state index in [1.54, 1.807) is 19.2 Å². The minimum atomic E-state index is -2.72. The van der Waals surface area contributed by atoms with Crippen molar-refractivity contribution in [2.75, 3.05) is 11.9 Å². The van der Waals surface area contributed by atoms with Crippen LogP contribution in [-0.4, -0.2) is 33.6 Å². The number of nitro benzene ring substituents is 1. The van der Waals surface area contributed by atoms with Crippen LogP contribution in [0.5, 0.6) is 5.75 Å². The Bertz CT molecular complexity index is 748. The van der Waals surface area contributed by atoms with Crippen LogP contribution in [0.4, 0.5) is 20.2 Å². The van der Waals surface area contributed by atoms with Crippen molar-refractivity contribution in [1.29, 1.82) is 0 Å². The number of carbonyl (C=O) groups excluding carboxylic acids is 1. The number of aromatic nitrogens is 2. The van der Waals surface area contributed by atoms with Gasteiger partial charge in [-0.15, -0.1) is 0 Å². The first-order chi connectivity index (χ1) is 11.3. The van der Waals surface area contributed by atoms with Gasteiger partial charge in [0, 0.05) is 18.3 Å². The average Bonchev–Trinajstić information content (AvgIpc) is 2.89. The fraction of sp³-hybridized carbons (Fsp3) is 0.286. The van der Waals surface area contributed by atoms with Crippen molar-refractivity contribution in [3.05, 3.63) is 46.3 Å². The van der Waals surface area contributed by atoms with Crippen molar-refractivity contribution >= 4 is 17.3 Å². The van der Waals surface area contributed by atoms with Gasteiger partial charge < -0.3 is 10.1 Å². The highest BCUT2D eigenvalue weighted by atomic mass is 19.3. The number of carbonyl (C=O) groups is 1. The number of ether oxygens (including phenoxy) is 1. The summed E-state index contributed by atoms with van der Waals surface area (Å²) >= 11 is 0. The zero-order valence-electron chi connectivity index (χ0n) is 12.6. The number of alkyl halides is 2. The topological polar surface area (TPSA) is 99.3 Å². The van der Waals surface area contributed by atoms with E-state index in [1.165, 1.54) is 10.7 Å². The number of benzene rings is 1. The van der Waals surface area contributed by atoms with Crippen LogP contribution in [0.2, 0.25) is 0 Å². The molecule has 2 aromatic rings. The highest BCUT2D eigenvalue weighted by Gasteiger charge is 2.14. The van der Waals surface area contributed by atoms with Crippen LogP contribution in [0.15, 0.2) is 30.5 Å². The van der Waals surface area contributed by atoms with Gasteiger partial charge >= 0.3 is 0 Å². The first-order valence-corrected chi connectivity index (χ1v) is 6.84. The van der Waals surface area contributed by atoms with Crippen molar-refractivity contribution in [3.63, 3.8) is 0 Å². The van der Waals surface area contributed by atoms with E-state index in [9.17, 15) is 23.7 Å². The molecule has 0 aliphatic heterocycles. The first kappa shape index (κ1) is 17.3. The Morgan fingerprint density at radius 3 is 2.79 bits per heavy atom. The van der Waals surface area contributed by atoms with Gasteiger partial charge in [-0.05, 0) is 13.0 Å². The summed E-state index contributed by atoms with van der Waals surface area (Å²) in [6.45, 7) is 0.770. The van der Waals surface area contributed by atoms with Crippen LogP contribution in [0, 0.1) is 17.0 Å². The standard InChI is InChI=1S/C14H14F2N4O4/c1-9-2-3-19(18-9)7-14(21)17-10-4-11(20(22)23)6-12(5-10)24-8-13(15)16/h2-6,13H,7-8H2,1H3,(H,17,21). The predicted octanol–water partition coefficient (Wildman–Crippen LogP) is 2.38. The number of hydrogen-bond donors (Lipinski definition) is 1. The molecule has 1 N–H and O–H groups in total. The Kier molecular flexibility index (Phi) is 5.40. The van der Waals surface area contributed by atoms with Crippen molar-refractivity contribution in [2.45, 2.75) is 19.9 Å². The molecule has 0 radical (unpaired) electrons. The first-order valence-electron chi connectivity index (χ1n) is 6.84. The molecule has 24 heavy (non-hydrogen) atoms. The van der Waals surface area contributed by atoms with Crippen LogP contribution in [0.25, 0.3) is 0 Å². The number of nitrogens with one attached hydrogen (secondary N) is 1. The highest BCUT2D eigenvalue weighted by molar-refractivity contribution is 5.91. The maximum atomic E-state index is 12.2. The fourth-order valence-electron chi connectivity index (χ4n) is 1.90. The van der Waals surface area contributed by atoms with Crippen LogP contribution in [-0.2, 0) is 11.3 Å². The predicted molar refractivity (Wildman–Crippen MR) is 80.2 cm³/mol. The average molecular weight is 340 g/mol. The lowest BCUT2D eigenvalue weighted by atomic mass is 10.2. The largest absolute Gasteiger partial charge is 0.487 e. The lowest BCUT2D eigenvalue weighted by Crippen LogP contribution is -2.19. The van der Waals surface area contributed by atoms with Gasteiger partial charge in [-0.2, -0.15) is 5.10 Å². The van der Waals surface area contributed by atoms with Gasteiger partial charge in [0.1, 0.15) is 18.9 Å². The third-order valence-corrected chi connectivity index (χ3v) is 2.84. The van der Waals surface area contributed by atoms with Crippen molar-refractivity contribution in [1.82, 2.24) is 9.78 Å². The Morgan fingerprint density at radius 2 is 2.21 bits per heavy atom. The van der Waals surface area contributed by atoms with E-state index >= 15 is 0 Å². The normalized spacial score (nSPS) is 10.7. The molecule has 1 aromatic heterocycles. The Balaban J connectivity index is 2.12. The molecule has 1 aromatic carbocycles. The molecule has 0 unspecified atom stereocenters. The summed E-state index contributed by atoms with van der Waals surface area (Å²) in [6, 6.07) is 5.08. The SMILES string of the molecule is Cc1ccn(CC(=O)Nc2cc(OCC(F)F)cc([N+](=O)[O-])c2)n1. The van der Waals surface area contributed by atoms with Crippen molar-refractivity contribution < 1.29 is 23.2 Å². The van der Waals surface area contributed by atoms with E-state index in [1.807, 2.05) is 0 Å². The maximum Gasteiger partial charge on any atom is 0.275 e. The molecule has 0 bridgehead atoms. The van der Waals surface area contributed by atoms with Gasteiger partial charge in [0.2, 0.25) is 5.91 Å². The number of amides is 1. The summed E-state index contributed by atoms with van der Waals surface area (Å²) in [5.41, 5.74) is 0.426. The molecule has 10 heteroatoms. The number of halogens is 2. The van der Waals surface area contributed by atoms with E-state index < -0.39 is 23.9 Å². The number of nitro groups is 1. The molecule has 0 aliphatic carbocycles. The lowest BCUT2D eigenvalue weighted by molar-refractivity contribution is -0.384. The molecular weight excluding hydrogens is 326 g/mol. The monoisotopic (exact) mass is 340 g/mol. The maximum absolute atomic E-state index is 12.2. The van der Waals surface area contributed by atoms with Crippen LogP contribution in [0.1, 0.15) is 5.69 Å². The Labute approximate surface area is 135 Å². The third-order valence-electron chi connectivity index (χ3n) is 2.84. The minimum Gasteiger partial charge on any atom is -0.487 e. The Morgan fingerprint density at radius 1 is 1.46 bits per heavy atom. The van der Waals surface area contributed by atoms with Crippen LogP contribution >= 0.6 is 0 Å². The van der Waals surface area contributed by atoms with Crippen LogP contribution < -0.4 is 10.1 Å². The molecule has 0 aliphatic rings. The fourth-order valence-corrected chi connectivity index (χ4v) is 1.90. The minimum absolute atomic E-state index is 0.0716. The van der Waals surface area contributed by atoms with E-state index in [-0.39, 0.29) is 23.7 Å². The summed E-state index contributed by atoms with van der Waals surface area (Å²) < 4.78 is 30.6. The molecule has 2 rings (SSSR count). The summed E-state index contributed by atoms with van der Waals surface area (Å²) in [6.07, 6.45) is -1.11. The lowest BCUT2D eigenvalue weighted by Gasteiger charge is -2.09. The second-order valence-corrected chi connectivity index (χ2v) is 4.88. The van der Waals surface area contributed by atoms with E-state index in [0.29, 0.717) is 0 Å². The molecular formula is C14H14F2N4O4. The van der Waals surface area contributed by atoms with Crippen molar-refractivity contribution in [2.24, 2.45) is 0 Å².